The lowest BCUT2D eigenvalue weighted by Gasteiger charge is -1.96. The van der Waals surface area contributed by atoms with Crippen LogP contribution in [0.25, 0.3) is 5.95 Å². The number of nitrogens with zero attached hydrogens (tertiary/aromatic N) is 5. The van der Waals surface area contributed by atoms with Crippen molar-refractivity contribution in [1.29, 1.82) is 0 Å². The van der Waals surface area contributed by atoms with Crippen molar-refractivity contribution in [2.24, 2.45) is 0 Å². The predicted octanol–water partition coefficient (Wildman–Crippen LogP) is 0.269. The smallest absolute Gasteiger partial charge is 0.390 e. The summed E-state index contributed by atoms with van der Waals surface area (Å²) in [5.74, 6) is -1.62. The van der Waals surface area contributed by atoms with Gasteiger partial charge in [0, 0.05) is 6.20 Å². The van der Waals surface area contributed by atoms with Gasteiger partial charge < -0.3 is 15.2 Å². The fourth-order valence-corrected chi connectivity index (χ4v) is 1.10. The third-order valence-electron chi connectivity index (χ3n) is 1.83. The maximum atomic E-state index is 10.7. The molecule has 0 fully saturated rings. The molecule has 17 heavy (non-hydrogen) atoms. The van der Waals surface area contributed by atoms with Gasteiger partial charge in [0.05, 0.1) is 17.4 Å². The molecule has 9 nitrogen and oxygen atoms in total. The van der Waals surface area contributed by atoms with Gasteiger partial charge in [-0.05, 0) is 11.0 Å². The van der Waals surface area contributed by atoms with E-state index in [1.165, 1.54) is 18.5 Å². The summed E-state index contributed by atoms with van der Waals surface area (Å²) in [6, 6.07) is 2.38. The molecule has 0 aliphatic rings. The molecule has 0 unspecified atom stereocenters. The Morgan fingerprint density at radius 1 is 1.47 bits per heavy atom. The first-order valence-electron chi connectivity index (χ1n) is 4.34. The number of aromatic carboxylic acids is 1. The van der Waals surface area contributed by atoms with Gasteiger partial charge in [0.1, 0.15) is 0 Å². The molecule has 0 aliphatic heterocycles. The highest BCUT2D eigenvalue weighted by Gasteiger charge is 2.15. The highest BCUT2D eigenvalue weighted by molar-refractivity contribution is 5.85. The van der Waals surface area contributed by atoms with E-state index in [2.05, 4.69) is 15.1 Å². The molecule has 0 radical (unpaired) electrons. The number of aromatic nitrogens is 4. The topological polar surface area (TPSA) is 124 Å². The molecule has 0 saturated carbocycles. The summed E-state index contributed by atoms with van der Waals surface area (Å²) < 4.78 is 1.03. The van der Waals surface area contributed by atoms with Crippen LogP contribution in [0.15, 0.2) is 24.5 Å². The van der Waals surface area contributed by atoms with Crippen molar-refractivity contribution < 1.29 is 14.8 Å². The first kappa shape index (κ1) is 10.7. The van der Waals surface area contributed by atoms with Crippen molar-refractivity contribution in [2.75, 3.05) is 0 Å². The number of rotatable bonds is 3. The van der Waals surface area contributed by atoms with E-state index in [1.807, 2.05) is 0 Å². The molecule has 0 aromatic carbocycles. The number of hydrogen-bond acceptors (Lipinski definition) is 6. The van der Waals surface area contributed by atoms with E-state index in [9.17, 15) is 14.9 Å². The Labute approximate surface area is 93.5 Å². The first-order valence-corrected chi connectivity index (χ1v) is 4.34. The lowest BCUT2D eigenvalue weighted by molar-refractivity contribution is -0.389. The van der Waals surface area contributed by atoms with Crippen LogP contribution >= 0.6 is 0 Å². The summed E-state index contributed by atoms with van der Waals surface area (Å²) in [5, 5.41) is 22.7. The van der Waals surface area contributed by atoms with E-state index in [0.717, 1.165) is 10.7 Å². The van der Waals surface area contributed by atoms with Gasteiger partial charge in [0.25, 0.3) is 5.95 Å². The molecule has 2 rings (SSSR count). The zero-order valence-corrected chi connectivity index (χ0v) is 8.22. The number of carboxylic acids is 1. The van der Waals surface area contributed by atoms with Crippen LogP contribution in [0.2, 0.25) is 0 Å². The largest absolute Gasteiger partial charge is 0.477 e. The van der Waals surface area contributed by atoms with E-state index in [1.54, 1.807) is 0 Å². The van der Waals surface area contributed by atoms with Crippen LogP contribution in [0.1, 0.15) is 10.5 Å². The van der Waals surface area contributed by atoms with Crippen LogP contribution in [0.3, 0.4) is 0 Å². The van der Waals surface area contributed by atoms with Crippen molar-refractivity contribution in [2.45, 2.75) is 0 Å². The van der Waals surface area contributed by atoms with Crippen LogP contribution in [-0.2, 0) is 0 Å². The molecule has 2 heterocycles. The average Bonchev–Trinajstić information content (AvgIpc) is 2.78. The maximum Gasteiger partial charge on any atom is 0.390 e. The van der Waals surface area contributed by atoms with Crippen molar-refractivity contribution in [3.8, 4) is 5.95 Å². The SMILES string of the molecule is O=C(O)c1ccnc(-n2ccc([N+](=O)[O-])n2)n1. The number of carbonyl (C=O) groups is 1. The van der Waals surface area contributed by atoms with Gasteiger partial charge in [-0.1, -0.05) is 0 Å². The van der Waals surface area contributed by atoms with E-state index < -0.39 is 10.9 Å². The van der Waals surface area contributed by atoms with E-state index in [0.29, 0.717) is 0 Å². The van der Waals surface area contributed by atoms with Gasteiger partial charge in [0.15, 0.2) is 5.69 Å². The third kappa shape index (κ3) is 2.07. The Hall–Kier alpha value is -2.84. The number of hydrogen-bond donors (Lipinski definition) is 1. The Morgan fingerprint density at radius 2 is 2.24 bits per heavy atom. The maximum absolute atomic E-state index is 10.7. The average molecular weight is 235 g/mol. The van der Waals surface area contributed by atoms with Gasteiger partial charge in [-0.15, -0.1) is 4.68 Å². The van der Waals surface area contributed by atoms with Crippen molar-refractivity contribution >= 4 is 11.8 Å². The Bertz CT molecular complexity index is 593. The Balaban J connectivity index is 2.42. The normalized spacial score (nSPS) is 10.1. The number of carboxylic acid groups (broad SMARTS) is 1. The molecule has 0 spiro atoms. The zero-order valence-electron chi connectivity index (χ0n) is 8.22. The summed E-state index contributed by atoms with van der Waals surface area (Å²) in [6.07, 6.45) is 2.51. The van der Waals surface area contributed by atoms with Crippen molar-refractivity contribution in [3.63, 3.8) is 0 Å². The van der Waals surface area contributed by atoms with Gasteiger partial charge in [-0.2, -0.15) is 0 Å². The lowest BCUT2D eigenvalue weighted by Crippen LogP contribution is -2.07. The molecule has 0 amide bonds. The second-order valence-corrected chi connectivity index (χ2v) is 2.92. The van der Waals surface area contributed by atoms with Crippen LogP contribution in [0.4, 0.5) is 5.82 Å². The Morgan fingerprint density at radius 3 is 2.82 bits per heavy atom. The summed E-state index contributed by atoms with van der Waals surface area (Å²) in [7, 11) is 0. The molecular weight excluding hydrogens is 230 g/mol. The van der Waals surface area contributed by atoms with Gasteiger partial charge >= 0.3 is 11.8 Å². The summed E-state index contributed by atoms with van der Waals surface area (Å²) >= 11 is 0. The third-order valence-corrected chi connectivity index (χ3v) is 1.83. The lowest BCUT2D eigenvalue weighted by atomic mass is 10.4. The van der Waals surface area contributed by atoms with E-state index in [-0.39, 0.29) is 17.5 Å². The van der Waals surface area contributed by atoms with Crippen molar-refractivity contribution in [1.82, 2.24) is 19.7 Å². The van der Waals surface area contributed by atoms with Crippen LogP contribution in [-0.4, -0.2) is 35.7 Å². The molecule has 9 heteroatoms. The Kier molecular flexibility index (Phi) is 2.49. The highest BCUT2D eigenvalue weighted by atomic mass is 16.6. The fraction of sp³-hybridized carbons (Fsp3) is 0. The second-order valence-electron chi connectivity index (χ2n) is 2.92. The zero-order chi connectivity index (χ0) is 12.4. The van der Waals surface area contributed by atoms with Gasteiger partial charge in [-0.3, -0.25) is 0 Å². The van der Waals surface area contributed by atoms with E-state index >= 15 is 0 Å². The fourth-order valence-electron chi connectivity index (χ4n) is 1.10. The molecular formula is C8H5N5O4. The van der Waals surface area contributed by atoms with Gasteiger partial charge in [0.2, 0.25) is 0 Å². The van der Waals surface area contributed by atoms with Crippen LogP contribution < -0.4 is 0 Å². The first-order chi connectivity index (χ1) is 8.08. The quantitative estimate of drug-likeness (QED) is 0.597. The second kappa shape index (κ2) is 3.96. The predicted molar refractivity (Wildman–Crippen MR) is 52.8 cm³/mol. The van der Waals surface area contributed by atoms with Crippen LogP contribution in [0.5, 0.6) is 0 Å². The monoisotopic (exact) mass is 235 g/mol. The minimum Gasteiger partial charge on any atom is -0.477 e. The molecule has 2 aromatic heterocycles. The number of nitro groups is 1. The minimum absolute atomic E-state index is 0.0435. The minimum atomic E-state index is -1.21. The standard InChI is InChI=1S/C8H5N5O4/c14-7(15)5-1-3-9-8(10-5)12-4-2-6(11-12)13(16)17/h1-4H,(H,14,15). The molecule has 0 aliphatic carbocycles. The summed E-state index contributed by atoms with van der Waals surface area (Å²) in [4.78, 5) is 27.9. The molecule has 1 N–H and O–H groups in total. The summed E-state index contributed by atoms with van der Waals surface area (Å²) in [6.45, 7) is 0. The van der Waals surface area contributed by atoms with E-state index in [4.69, 9.17) is 5.11 Å². The van der Waals surface area contributed by atoms with Crippen LogP contribution in [0, 0.1) is 10.1 Å². The highest BCUT2D eigenvalue weighted by Crippen LogP contribution is 2.08. The summed E-state index contributed by atoms with van der Waals surface area (Å²) in [5.41, 5.74) is -0.215. The van der Waals surface area contributed by atoms with Gasteiger partial charge in [-0.25, -0.2) is 14.8 Å². The molecule has 0 bridgehead atoms. The molecule has 0 saturated heterocycles. The molecule has 86 valence electrons. The van der Waals surface area contributed by atoms with Crippen molar-refractivity contribution in [3.05, 3.63) is 40.3 Å². The molecule has 2 aromatic rings. The molecule has 0 atom stereocenters.